The molecule has 0 aliphatic carbocycles. The molecule has 8 heteroatoms. The van der Waals surface area contributed by atoms with Crippen LogP contribution in [0.4, 0.5) is 5.69 Å². The number of nitrogens with one attached hydrogen (secondary N) is 1. The minimum atomic E-state index is -0.534. The zero-order valence-electron chi connectivity index (χ0n) is 24.8. The van der Waals surface area contributed by atoms with Gasteiger partial charge in [-0.3, -0.25) is 4.79 Å². The molecule has 5 aromatic rings. The van der Waals surface area contributed by atoms with Crippen LogP contribution >= 0.6 is 27.5 Å². The number of anilines is 1. The molecule has 0 saturated carbocycles. The number of aryl methyl sites for hydroxylation is 1. The van der Waals surface area contributed by atoms with Crippen molar-refractivity contribution in [2.45, 2.75) is 27.1 Å². The van der Waals surface area contributed by atoms with Crippen molar-refractivity contribution in [2.75, 3.05) is 11.9 Å². The zero-order chi connectivity index (χ0) is 31.8. The van der Waals surface area contributed by atoms with Crippen LogP contribution in [0.1, 0.15) is 29.2 Å². The summed E-state index contributed by atoms with van der Waals surface area (Å²) in [7, 11) is 0. The largest absolute Gasteiger partial charge is 0.490 e. The van der Waals surface area contributed by atoms with Gasteiger partial charge in [0.1, 0.15) is 30.6 Å². The summed E-state index contributed by atoms with van der Waals surface area (Å²) in [5.41, 5.74) is 4.29. The molecule has 0 aliphatic rings. The van der Waals surface area contributed by atoms with Gasteiger partial charge in [-0.25, -0.2) is 0 Å². The minimum absolute atomic E-state index is 0.0625. The molecule has 1 N–H and O–H groups in total. The molecule has 0 unspecified atom stereocenters. The van der Waals surface area contributed by atoms with E-state index < -0.39 is 5.91 Å². The van der Waals surface area contributed by atoms with Crippen LogP contribution in [0.25, 0.3) is 16.8 Å². The molecule has 45 heavy (non-hydrogen) atoms. The number of fused-ring (bicyclic) bond motifs is 1. The average Bonchev–Trinajstić information content (AvgIpc) is 3.04. The molecule has 0 spiro atoms. The molecule has 0 saturated heterocycles. The molecule has 5 aromatic carbocycles. The highest BCUT2D eigenvalue weighted by molar-refractivity contribution is 9.10. The SMILES string of the molecule is CCOc1cc(/C=C(\C#N)C(=O)Nc2ccc(OCc3ccc(Cl)cc3)cc2)cc(Br)c1OCc1c(C)ccc2ccccc12. The summed E-state index contributed by atoms with van der Waals surface area (Å²) in [5.74, 6) is 1.16. The summed E-state index contributed by atoms with van der Waals surface area (Å²) >= 11 is 9.55. The topological polar surface area (TPSA) is 80.6 Å². The average molecular weight is 682 g/mol. The third-order valence-electron chi connectivity index (χ3n) is 7.07. The van der Waals surface area contributed by atoms with Gasteiger partial charge in [0, 0.05) is 16.3 Å². The number of carbonyl (C=O) groups is 1. The third kappa shape index (κ3) is 8.04. The molecule has 1 amide bonds. The molecule has 0 heterocycles. The fraction of sp³-hybridized carbons (Fsp3) is 0.135. The molecule has 226 valence electrons. The van der Waals surface area contributed by atoms with Gasteiger partial charge in [0.05, 0.1) is 11.1 Å². The second kappa shape index (κ2) is 14.8. The van der Waals surface area contributed by atoms with Gasteiger partial charge in [-0.15, -0.1) is 0 Å². The van der Waals surface area contributed by atoms with E-state index in [1.54, 1.807) is 36.4 Å². The van der Waals surface area contributed by atoms with Gasteiger partial charge in [0.25, 0.3) is 5.91 Å². The van der Waals surface area contributed by atoms with Crippen molar-refractivity contribution in [3.63, 3.8) is 0 Å². The van der Waals surface area contributed by atoms with Crippen molar-refractivity contribution in [1.29, 1.82) is 5.26 Å². The van der Waals surface area contributed by atoms with Crippen LogP contribution in [0.5, 0.6) is 17.2 Å². The molecule has 0 bridgehead atoms. The maximum absolute atomic E-state index is 13.0. The number of rotatable bonds is 11. The van der Waals surface area contributed by atoms with Gasteiger partial charge >= 0.3 is 0 Å². The van der Waals surface area contributed by atoms with Crippen LogP contribution < -0.4 is 19.5 Å². The number of ether oxygens (including phenoxy) is 3. The lowest BCUT2D eigenvalue weighted by Crippen LogP contribution is -2.13. The Morgan fingerprint density at radius 3 is 2.42 bits per heavy atom. The Morgan fingerprint density at radius 1 is 0.933 bits per heavy atom. The van der Waals surface area contributed by atoms with E-state index in [1.807, 2.05) is 49.4 Å². The highest BCUT2D eigenvalue weighted by Crippen LogP contribution is 2.39. The lowest BCUT2D eigenvalue weighted by atomic mass is 10.0. The van der Waals surface area contributed by atoms with Crippen LogP contribution in [0.2, 0.25) is 5.02 Å². The van der Waals surface area contributed by atoms with Crippen molar-refractivity contribution < 1.29 is 19.0 Å². The van der Waals surface area contributed by atoms with E-state index in [0.717, 1.165) is 27.5 Å². The number of nitrogens with zero attached hydrogens (tertiary/aromatic N) is 1. The van der Waals surface area contributed by atoms with Crippen LogP contribution in [0.3, 0.4) is 0 Å². The lowest BCUT2D eigenvalue weighted by Gasteiger charge is -2.17. The van der Waals surface area contributed by atoms with Crippen molar-refractivity contribution >= 4 is 56.0 Å². The maximum Gasteiger partial charge on any atom is 0.266 e. The Balaban J connectivity index is 1.29. The van der Waals surface area contributed by atoms with Crippen LogP contribution in [-0.4, -0.2) is 12.5 Å². The van der Waals surface area contributed by atoms with Crippen LogP contribution in [-0.2, 0) is 18.0 Å². The highest BCUT2D eigenvalue weighted by atomic mass is 79.9. The molecule has 0 aromatic heterocycles. The van der Waals surface area contributed by atoms with Crippen LogP contribution in [0.15, 0.2) is 107 Å². The fourth-order valence-electron chi connectivity index (χ4n) is 4.75. The molecule has 0 fully saturated rings. The highest BCUT2D eigenvalue weighted by Gasteiger charge is 2.16. The zero-order valence-corrected chi connectivity index (χ0v) is 27.1. The van der Waals surface area contributed by atoms with Gasteiger partial charge in [-0.1, -0.05) is 60.1 Å². The summed E-state index contributed by atoms with van der Waals surface area (Å²) < 4.78 is 18.7. The normalized spacial score (nSPS) is 11.1. The first-order valence-corrected chi connectivity index (χ1v) is 15.5. The summed E-state index contributed by atoms with van der Waals surface area (Å²) in [6.45, 7) is 5.09. The van der Waals surface area contributed by atoms with Gasteiger partial charge in [-0.05, 0) is 112 Å². The molecular formula is C37H30BrClN2O4. The first-order valence-electron chi connectivity index (χ1n) is 14.3. The van der Waals surface area contributed by atoms with E-state index in [0.29, 0.717) is 57.8 Å². The first kappa shape index (κ1) is 31.6. The quantitative estimate of drug-likeness (QED) is 0.111. The Morgan fingerprint density at radius 2 is 1.69 bits per heavy atom. The van der Waals surface area contributed by atoms with E-state index in [2.05, 4.69) is 52.4 Å². The summed E-state index contributed by atoms with van der Waals surface area (Å²) in [6, 6.07) is 32.3. The second-order valence-electron chi connectivity index (χ2n) is 10.2. The summed E-state index contributed by atoms with van der Waals surface area (Å²) in [4.78, 5) is 13.0. The van der Waals surface area contributed by atoms with Crippen molar-refractivity contribution in [1.82, 2.24) is 0 Å². The molecule has 0 radical (unpaired) electrons. The molecular weight excluding hydrogens is 652 g/mol. The van der Waals surface area contributed by atoms with Gasteiger partial charge in [-0.2, -0.15) is 5.26 Å². The monoisotopic (exact) mass is 680 g/mol. The number of amides is 1. The Kier molecular flexibility index (Phi) is 10.4. The molecule has 0 atom stereocenters. The predicted molar refractivity (Wildman–Crippen MR) is 183 cm³/mol. The van der Waals surface area contributed by atoms with Gasteiger partial charge in [0.2, 0.25) is 0 Å². The lowest BCUT2D eigenvalue weighted by molar-refractivity contribution is -0.112. The number of carbonyl (C=O) groups excluding carboxylic acids is 1. The van der Waals surface area contributed by atoms with E-state index in [9.17, 15) is 10.1 Å². The molecule has 6 nitrogen and oxygen atoms in total. The van der Waals surface area contributed by atoms with Gasteiger partial charge in [0.15, 0.2) is 11.5 Å². The third-order valence-corrected chi connectivity index (χ3v) is 7.92. The first-order chi connectivity index (χ1) is 21.8. The Hall–Kier alpha value is -4.77. The Labute approximate surface area is 275 Å². The van der Waals surface area contributed by atoms with Crippen molar-refractivity contribution in [3.05, 3.63) is 134 Å². The number of nitriles is 1. The maximum atomic E-state index is 13.0. The predicted octanol–water partition coefficient (Wildman–Crippen LogP) is 9.67. The standard InChI is InChI=1S/C37H30BrClN2O4/c1-3-43-35-20-26(19-34(38)36(35)45-23-33-24(2)8-11-27-6-4-5-7-32(27)33)18-28(21-40)37(42)41-30-14-16-31(17-15-30)44-22-25-9-12-29(39)13-10-25/h4-20H,3,22-23H2,1-2H3,(H,41,42)/b28-18+. The van der Waals surface area contributed by atoms with E-state index in [-0.39, 0.29) is 5.57 Å². The minimum Gasteiger partial charge on any atom is -0.490 e. The molecule has 0 aliphatic heterocycles. The van der Waals surface area contributed by atoms with E-state index in [4.69, 9.17) is 25.8 Å². The number of halogens is 2. The van der Waals surface area contributed by atoms with Crippen LogP contribution in [0, 0.1) is 18.3 Å². The number of benzene rings is 5. The Bertz CT molecular complexity index is 1900. The van der Waals surface area contributed by atoms with E-state index in [1.165, 1.54) is 6.08 Å². The smallest absolute Gasteiger partial charge is 0.266 e. The fourth-order valence-corrected chi connectivity index (χ4v) is 5.45. The van der Waals surface area contributed by atoms with Crippen molar-refractivity contribution in [2.24, 2.45) is 0 Å². The van der Waals surface area contributed by atoms with Gasteiger partial charge < -0.3 is 19.5 Å². The van der Waals surface area contributed by atoms with E-state index >= 15 is 0 Å². The second-order valence-corrected chi connectivity index (χ2v) is 11.5. The number of hydrogen-bond acceptors (Lipinski definition) is 5. The number of hydrogen-bond donors (Lipinski definition) is 1. The summed E-state index contributed by atoms with van der Waals surface area (Å²) in [5, 5.41) is 15.5. The summed E-state index contributed by atoms with van der Waals surface area (Å²) in [6.07, 6.45) is 1.52. The molecule has 5 rings (SSSR count). The van der Waals surface area contributed by atoms with Crippen molar-refractivity contribution in [3.8, 4) is 23.3 Å².